The Morgan fingerprint density at radius 2 is 1.84 bits per heavy atom. The first-order chi connectivity index (χ1) is 9.08. The first kappa shape index (κ1) is 13.6. The van der Waals surface area contributed by atoms with Crippen molar-refractivity contribution in [1.29, 1.82) is 0 Å². The number of hydrogen-bond donors (Lipinski definition) is 2. The maximum atomic E-state index is 11.9. The number of carboxylic acids is 1. The van der Waals surface area contributed by atoms with Crippen molar-refractivity contribution < 1.29 is 14.7 Å². The highest BCUT2D eigenvalue weighted by Gasteiger charge is 2.23. The minimum absolute atomic E-state index is 0.129. The molecule has 0 aliphatic heterocycles. The molecule has 4 nitrogen and oxygen atoms in total. The fourth-order valence-electron chi connectivity index (χ4n) is 2.62. The molecule has 1 aliphatic carbocycles. The van der Waals surface area contributed by atoms with Crippen LogP contribution in [0.5, 0.6) is 0 Å². The van der Waals surface area contributed by atoms with Gasteiger partial charge in [0, 0.05) is 12.1 Å². The zero-order chi connectivity index (χ0) is 13.8. The highest BCUT2D eigenvalue weighted by atomic mass is 16.4. The van der Waals surface area contributed by atoms with Gasteiger partial charge < -0.3 is 10.4 Å². The number of carbonyl (C=O) groups excluding carboxylic acids is 1. The van der Waals surface area contributed by atoms with Crippen molar-refractivity contribution in [1.82, 2.24) is 5.32 Å². The van der Waals surface area contributed by atoms with E-state index >= 15 is 0 Å². The zero-order valence-electron chi connectivity index (χ0n) is 11.1. The molecule has 0 spiro atoms. The Morgan fingerprint density at radius 3 is 2.37 bits per heavy atom. The molecule has 1 fully saturated rings. The molecular formula is C15H19NO3. The van der Waals surface area contributed by atoms with E-state index in [9.17, 15) is 9.59 Å². The van der Waals surface area contributed by atoms with Crippen LogP contribution in [0.15, 0.2) is 24.3 Å². The number of benzene rings is 1. The number of carboxylic acid groups (broad SMARTS) is 1. The molecule has 2 rings (SSSR count). The zero-order valence-corrected chi connectivity index (χ0v) is 11.1. The van der Waals surface area contributed by atoms with Gasteiger partial charge in [0.05, 0.1) is 5.56 Å². The van der Waals surface area contributed by atoms with Gasteiger partial charge in [-0.25, -0.2) is 4.79 Å². The second kappa shape index (κ2) is 5.87. The van der Waals surface area contributed by atoms with E-state index in [4.69, 9.17) is 5.11 Å². The van der Waals surface area contributed by atoms with Gasteiger partial charge in [0.1, 0.15) is 0 Å². The summed E-state index contributed by atoms with van der Waals surface area (Å²) < 4.78 is 0. The van der Waals surface area contributed by atoms with E-state index in [1.165, 1.54) is 31.4 Å². The molecule has 4 heteroatoms. The van der Waals surface area contributed by atoms with E-state index in [2.05, 4.69) is 12.2 Å². The summed E-state index contributed by atoms with van der Waals surface area (Å²) in [6, 6.07) is 6.01. The van der Waals surface area contributed by atoms with Crippen molar-refractivity contribution in [3.63, 3.8) is 0 Å². The van der Waals surface area contributed by atoms with Crippen molar-refractivity contribution in [2.24, 2.45) is 11.8 Å². The first-order valence-electron chi connectivity index (χ1n) is 6.69. The molecule has 0 radical (unpaired) electrons. The Bertz CT molecular complexity index is 467. The third-order valence-electron chi connectivity index (χ3n) is 3.96. The summed E-state index contributed by atoms with van der Waals surface area (Å²) >= 11 is 0. The molecule has 0 aromatic heterocycles. The van der Waals surface area contributed by atoms with Crippen LogP contribution >= 0.6 is 0 Å². The third-order valence-corrected chi connectivity index (χ3v) is 3.96. The average Bonchev–Trinajstić information content (AvgIpc) is 2.81. The van der Waals surface area contributed by atoms with Crippen LogP contribution in [0.4, 0.5) is 0 Å². The Hall–Kier alpha value is -1.84. The minimum Gasteiger partial charge on any atom is -0.478 e. The lowest BCUT2D eigenvalue weighted by atomic mass is 9.98. The summed E-state index contributed by atoms with van der Waals surface area (Å²) in [4.78, 5) is 22.6. The van der Waals surface area contributed by atoms with Gasteiger partial charge in [0.15, 0.2) is 0 Å². The Kier molecular flexibility index (Phi) is 4.20. The van der Waals surface area contributed by atoms with Crippen LogP contribution in [0.1, 0.15) is 46.9 Å². The van der Waals surface area contributed by atoms with Crippen LogP contribution in [0.2, 0.25) is 0 Å². The first-order valence-corrected chi connectivity index (χ1v) is 6.69. The number of carbonyl (C=O) groups is 2. The standard InChI is InChI=1S/C15H19NO3/c1-10-3-2-4-13(10)9-16-14(17)11-5-7-12(8-6-11)15(18)19/h5-8,10,13H,2-4,9H2,1H3,(H,16,17)(H,18,19). The molecule has 0 saturated heterocycles. The monoisotopic (exact) mass is 261 g/mol. The van der Waals surface area contributed by atoms with Gasteiger partial charge in [-0.15, -0.1) is 0 Å². The third kappa shape index (κ3) is 3.34. The molecule has 0 heterocycles. The fourth-order valence-corrected chi connectivity index (χ4v) is 2.62. The minimum atomic E-state index is -0.980. The van der Waals surface area contributed by atoms with E-state index in [-0.39, 0.29) is 11.5 Å². The number of aromatic carboxylic acids is 1. The smallest absolute Gasteiger partial charge is 0.335 e. The highest BCUT2D eigenvalue weighted by Crippen LogP contribution is 2.30. The van der Waals surface area contributed by atoms with Crippen LogP contribution in [0.25, 0.3) is 0 Å². The number of hydrogen-bond acceptors (Lipinski definition) is 2. The largest absolute Gasteiger partial charge is 0.478 e. The summed E-state index contributed by atoms with van der Waals surface area (Å²) in [5.74, 6) is 0.139. The topological polar surface area (TPSA) is 66.4 Å². The van der Waals surface area contributed by atoms with Gasteiger partial charge in [-0.2, -0.15) is 0 Å². The lowest BCUT2D eigenvalue weighted by Crippen LogP contribution is -2.30. The second-order valence-electron chi connectivity index (χ2n) is 5.26. The predicted molar refractivity (Wildman–Crippen MR) is 72.2 cm³/mol. The number of nitrogens with one attached hydrogen (secondary N) is 1. The summed E-state index contributed by atoms with van der Waals surface area (Å²) in [6.45, 7) is 2.94. The molecular weight excluding hydrogens is 242 g/mol. The highest BCUT2D eigenvalue weighted by molar-refractivity contribution is 5.95. The normalized spacial score (nSPS) is 22.2. The molecule has 1 amide bonds. The molecule has 2 unspecified atom stereocenters. The van der Waals surface area contributed by atoms with Crippen LogP contribution in [-0.2, 0) is 0 Å². The van der Waals surface area contributed by atoms with Gasteiger partial charge in [-0.1, -0.05) is 19.8 Å². The average molecular weight is 261 g/mol. The van der Waals surface area contributed by atoms with Crippen molar-refractivity contribution >= 4 is 11.9 Å². The second-order valence-corrected chi connectivity index (χ2v) is 5.26. The van der Waals surface area contributed by atoms with Crippen LogP contribution < -0.4 is 5.32 Å². The summed E-state index contributed by atoms with van der Waals surface area (Å²) in [5.41, 5.74) is 0.705. The van der Waals surface area contributed by atoms with E-state index in [0.717, 1.165) is 0 Å². The summed E-state index contributed by atoms with van der Waals surface area (Å²) in [7, 11) is 0. The lowest BCUT2D eigenvalue weighted by molar-refractivity contribution is 0.0696. The Morgan fingerprint density at radius 1 is 1.21 bits per heavy atom. The maximum Gasteiger partial charge on any atom is 0.335 e. The van der Waals surface area contributed by atoms with Crippen LogP contribution in [-0.4, -0.2) is 23.5 Å². The molecule has 2 atom stereocenters. The summed E-state index contributed by atoms with van der Waals surface area (Å²) in [6.07, 6.45) is 3.67. The SMILES string of the molecule is CC1CCCC1CNC(=O)c1ccc(C(=O)O)cc1. The van der Waals surface area contributed by atoms with Crippen LogP contribution in [0, 0.1) is 11.8 Å². The van der Waals surface area contributed by atoms with E-state index in [1.54, 1.807) is 12.1 Å². The quantitative estimate of drug-likeness (QED) is 0.875. The molecule has 2 N–H and O–H groups in total. The van der Waals surface area contributed by atoms with Gasteiger partial charge in [-0.3, -0.25) is 4.79 Å². The van der Waals surface area contributed by atoms with Crippen molar-refractivity contribution in [2.45, 2.75) is 26.2 Å². The van der Waals surface area contributed by atoms with Gasteiger partial charge in [0.2, 0.25) is 0 Å². The molecule has 1 aromatic carbocycles. The van der Waals surface area contributed by atoms with Crippen molar-refractivity contribution in [3.8, 4) is 0 Å². The molecule has 19 heavy (non-hydrogen) atoms. The Labute approximate surface area is 112 Å². The van der Waals surface area contributed by atoms with Crippen LogP contribution in [0.3, 0.4) is 0 Å². The predicted octanol–water partition coefficient (Wildman–Crippen LogP) is 2.55. The summed E-state index contributed by atoms with van der Waals surface area (Å²) in [5, 5.41) is 11.7. The lowest BCUT2D eigenvalue weighted by Gasteiger charge is -2.15. The fraction of sp³-hybridized carbons (Fsp3) is 0.467. The van der Waals surface area contributed by atoms with E-state index < -0.39 is 5.97 Å². The number of amides is 1. The Balaban J connectivity index is 1.90. The molecule has 1 saturated carbocycles. The molecule has 1 aliphatic rings. The van der Waals surface area contributed by atoms with E-state index in [0.29, 0.717) is 23.9 Å². The molecule has 0 bridgehead atoms. The van der Waals surface area contributed by atoms with E-state index in [1.807, 2.05) is 0 Å². The van der Waals surface area contributed by atoms with Gasteiger partial charge >= 0.3 is 5.97 Å². The van der Waals surface area contributed by atoms with Gasteiger partial charge in [0.25, 0.3) is 5.91 Å². The van der Waals surface area contributed by atoms with Gasteiger partial charge in [-0.05, 0) is 42.5 Å². The van der Waals surface area contributed by atoms with Crippen molar-refractivity contribution in [3.05, 3.63) is 35.4 Å². The van der Waals surface area contributed by atoms with Crippen molar-refractivity contribution in [2.75, 3.05) is 6.54 Å². The number of rotatable bonds is 4. The maximum absolute atomic E-state index is 11.9. The molecule has 1 aromatic rings. The molecule has 102 valence electrons.